The third kappa shape index (κ3) is 6.15. The monoisotopic (exact) mass is 321 g/mol. The predicted molar refractivity (Wildman–Crippen MR) is 65.3 cm³/mol. The molecule has 0 radical (unpaired) electrons. The van der Waals surface area contributed by atoms with Crippen LogP contribution in [-0.2, 0) is 32.0 Å². The summed E-state index contributed by atoms with van der Waals surface area (Å²) in [5, 5.41) is 1.31. The molecule has 1 aromatic rings. The van der Waals surface area contributed by atoms with Gasteiger partial charge in [-0.05, 0) is 29.3 Å². The van der Waals surface area contributed by atoms with E-state index >= 15 is 0 Å². The molecule has 0 amide bonds. The molecule has 0 aromatic heterocycles. The molecule has 3 heteroatoms. The third-order valence-corrected chi connectivity index (χ3v) is 2.22. The number of benzene rings is 1. The Morgan fingerprint density at radius 3 is 1.79 bits per heavy atom. The maximum absolute atomic E-state index is 4.93. The van der Waals surface area contributed by atoms with E-state index in [1.165, 1.54) is 16.4 Å². The fraction of sp³-hybridized carbons (Fsp3) is 0.455. The minimum absolute atomic E-state index is 0.572. The molecular weight excluding hydrogens is 305 g/mol. The topological polar surface area (TPSA) is 0 Å². The number of alkyl halides is 1. The average Bonchev–Trinajstić information content (AvgIpc) is 2.18. The minimum atomic E-state index is 0.572. The Hall–Kier alpha value is 0.602. The van der Waals surface area contributed by atoms with Crippen molar-refractivity contribution in [3.63, 3.8) is 0 Å². The van der Waals surface area contributed by atoms with Crippen LogP contribution in [0.2, 0.25) is 0 Å². The van der Waals surface area contributed by atoms with Gasteiger partial charge in [0.1, 0.15) is 0 Å². The first-order valence-corrected chi connectivity index (χ1v) is 6.84. The Morgan fingerprint density at radius 1 is 1.14 bits per heavy atom. The van der Waals surface area contributed by atoms with Gasteiger partial charge in [-0.2, -0.15) is 0 Å². The second-order valence-corrected chi connectivity index (χ2v) is 4.96. The molecule has 0 spiro atoms. The second kappa shape index (κ2) is 8.87. The van der Waals surface area contributed by atoms with Gasteiger partial charge >= 0.3 is 35.2 Å². The summed E-state index contributed by atoms with van der Waals surface area (Å²) in [6.45, 7) is 4.39. The molecule has 0 heterocycles. The number of halogens is 1. The summed E-state index contributed by atoms with van der Waals surface area (Å²) in [7, 11) is 2.76. The van der Waals surface area contributed by atoms with Gasteiger partial charge in [-0.3, -0.25) is 0 Å². The Bertz CT molecular complexity index is 241. The first kappa shape index (κ1) is 14.6. The van der Waals surface area contributed by atoms with E-state index in [0.717, 1.165) is 12.8 Å². The number of rotatable bonds is 2. The van der Waals surface area contributed by atoms with Gasteiger partial charge in [0.15, 0.2) is 0 Å². The molecule has 0 fully saturated rings. The van der Waals surface area contributed by atoms with Crippen molar-refractivity contribution in [2.75, 3.05) is 4.35 Å². The summed E-state index contributed by atoms with van der Waals surface area (Å²) in [4.78, 5) is 0. The predicted octanol–water partition coefficient (Wildman–Crippen LogP) is 3.04. The van der Waals surface area contributed by atoms with Crippen molar-refractivity contribution in [1.82, 2.24) is 0 Å². The van der Waals surface area contributed by atoms with E-state index in [0.29, 0.717) is 4.35 Å². The van der Waals surface area contributed by atoms with Gasteiger partial charge in [0.05, 0.1) is 0 Å². The fourth-order valence-electron chi connectivity index (χ4n) is 1.20. The van der Waals surface area contributed by atoms with Crippen LogP contribution in [-0.4, -0.2) is 4.35 Å². The van der Waals surface area contributed by atoms with Gasteiger partial charge in [-0.1, -0.05) is 32.0 Å². The van der Waals surface area contributed by atoms with Crippen LogP contribution >= 0.6 is 20.8 Å². The molecule has 0 saturated heterocycles. The molecule has 0 N–H and O–H groups in total. The van der Waals surface area contributed by atoms with Crippen molar-refractivity contribution in [2.24, 2.45) is 0 Å². The Labute approximate surface area is 105 Å². The van der Waals surface area contributed by atoms with E-state index in [4.69, 9.17) is 11.6 Å². The zero-order chi connectivity index (χ0) is 11.0. The summed E-state index contributed by atoms with van der Waals surface area (Å²) < 4.78 is 0.572. The molecule has 1 atom stereocenters. The van der Waals surface area contributed by atoms with Crippen LogP contribution in [0.1, 0.15) is 25.0 Å². The van der Waals surface area contributed by atoms with Crippen molar-refractivity contribution in [3.05, 3.63) is 29.3 Å². The molecule has 0 aliphatic carbocycles. The van der Waals surface area contributed by atoms with E-state index in [-0.39, 0.29) is 0 Å². The molecule has 1 rings (SSSR count). The first-order valence-electron chi connectivity index (χ1n) is 4.63. The molecule has 1 aromatic carbocycles. The molecule has 0 aliphatic heterocycles. The van der Waals surface area contributed by atoms with Crippen molar-refractivity contribution >= 4 is 26.1 Å². The molecule has 0 nitrogen and oxygen atoms in total. The summed E-state index contributed by atoms with van der Waals surface area (Å²) in [6.07, 6.45) is 2.27. The van der Waals surface area contributed by atoms with Crippen molar-refractivity contribution < 1.29 is 19.2 Å². The standard InChI is InChI=1S/C10H15P.CH2Cl.Pd/c1-3-8-5-9(4-2)7-10(11)6-8;1-2;/h5-7H,3-4,11H2,1-2H3;1H2;. The van der Waals surface area contributed by atoms with Gasteiger partial charge in [0.25, 0.3) is 0 Å². The SMILES string of the molecule is CCc1cc(P)cc(CC)c1.Cl[CH2][Pd]. The zero-order valence-corrected chi connectivity index (χ0v) is 12.1. The summed E-state index contributed by atoms with van der Waals surface area (Å²) in [5.74, 6) is 0. The van der Waals surface area contributed by atoms with Crippen molar-refractivity contribution in [3.8, 4) is 0 Å². The van der Waals surface area contributed by atoms with Crippen LogP contribution in [0.3, 0.4) is 0 Å². The molecule has 0 saturated carbocycles. The van der Waals surface area contributed by atoms with E-state index in [1.54, 1.807) is 0 Å². The van der Waals surface area contributed by atoms with Gasteiger partial charge in [-0.15, -0.1) is 9.24 Å². The molecule has 0 aliphatic rings. The number of hydrogen-bond acceptors (Lipinski definition) is 0. The molecule has 1 unspecified atom stereocenters. The van der Waals surface area contributed by atoms with Crippen LogP contribution in [0.25, 0.3) is 0 Å². The second-order valence-electron chi connectivity index (χ2n) is 2.87. The van der Waals surface area contributed by atoms with Gasteiger partial charge in [0, 0.05) is 0 Å². The van der Waals surface area contributed by atoms with E-state index < -0.39 is 0 Å². The average molecular weight is 322 g/mol. The Morgan fingerprint density at radius 2 is 1.50 bits per heavy atom. The third-order valence-electron chi connectivity index (χ3n) is 1.89. The first-order chi connectivity index (χ1) is 6.67. The van der Waals surface area contributed by atoms with Gasteiger partial charge in [0.2, 0.25) is 0 Å². The van der Waals surface area contributed by atoms with Crippen LogP contribution < -0.4 is 5.30 Å². The molecule has 83 valence electrons. The Balaban J connectivity index is 0.000000500. The maximum atomic E-state index is 4.93. The number of hydrogen-bond donors (Lipinski definition) is 0. The zero-order valence-electron chi connectivity index (χ0n) is 8.62. The molecular formula is C11H17ClPPd. The van der Waals surface area contributed by atoms with E-state index in [1.807, 2.05) is 0 Å². The summed E-state index contributed by atoms with van der Waals surface area (Å²) >= 11 is 7.64. The normalized spacial score (nSPS) is 9.29. The van der Waals surface area contributed by atoms with E-state index in [9.17, 15) is 0 Å². The van der Waals surface area contributed by atoms with Crippen LogP contribution in [0.15, 0.2) is 18.2 Å². The molecule has 14 heavy (non-hydrogen) atoms. The fourth-order valence-corrected chi connectivity index (χ4v) is 1.63. The summed E-state index contributed by atoms with van der Waals surface area (Å²) in [6, 6.07) is 6.74. The molecule has 0 bridgehead atoms. The van der Waals surface area contributed by atoms with Crippen molar-refractivity contribution in [1.29, 1.82) is 0 Å². The number of aryl methyl sites for hydroxylation is 2. The van der Waals surface area contributed by atoms with E-state index in [2.05, 4.69) is 60.5 Å². The van der Waals surface area contributed by atoms with Crippen LogP contribution in [0.5, 0.6) is 0 Å². The quantitative estimate of drug-likeness (QED) is 0.446. The van der Waals surface area contributed by atoms with Crippen LogP contribution in [0.4, 0.5) is 0 Å². The van der Waals surface area contributed by atoms with Crippen molar-refractivity contribution in [2.45, 2.75) is 26.7 Å². The summed E-state index contributed by atoms with van der Waals surface area (Å²) in [5.41, 5.74) is 2.88. The van der Waals surface area contributed by atoms with Crippen LogP contribution in [0, 0.1) is 0 Å². The Kier molecular flexibility index (Phi) is 9.26. The van der Waals surface area contributed by atoms with Gasteiger partial charge < -0.3 is 0 Å². The van der Waals surface area contributed by atoms with Gasteiger partial charge in [-0.25, -0.2) is 0 Å².